The Kier molecular flexibility index (Phi) is 3.67. The predicted molar refractivity (Wildman–Crippen MR) is 63.0 cm³/mol. The van der Waals surface area contributed by atoms with Crippen LogP contribution in [0.1, 0.15) is 10.8 Å². The minimum Gasteiger partial charge on any atom is -0.379 e. The highest BCUT2D eigenvalue weighted by Gasteiger charge is 2.23. The minimum atomic E-state index is -0.871. The number of ether oxygens (including phenoxy) is 1. The molecule has 1 saturated heterocycles. The monoisotopic (exact) mass is 264 g/mol. The Hall–Kier alpha value is -0.0900. The van der Waals surface area contributed by atoms with Crippen LogP contribution in [0, 0.1) is 0 Å². The molecule has 0 bridgehead atoms. The zero-order valence-electron chi connectivity index (χ0n) is 7.91. The Balaban J connectivity index is 2.28. The molecule has 2 atom stereocenters. The van der Waals surface area contributed by atoms with Gasteiger partial charge in [0.15, 0.2) is 0 Å². The molecule has 0 aliphatic carbocycles. The van der Waals surface area contributed by atoms with Gasteiger partial charge in [-0.3, -0.25) is 4.21 Å². The molecular weight excluding hydrogens is 255 g/mol. The Bertz CT molecular complexity index is 395. The molecule has 1 aliphatic rings. The van der Waals surface area contributed by atoms with Crippen LogP contribution in [-0.2, 0) is 15.5 Å². The van der Waals surface area contributed by atoms with Gasteiger partial charge in [-0.1, -0.05) is 29.3 Å². The summed E-state index contributed by atoms with van der Waals surface area (Å²) in [5.74, 6) is 0.588. The van der Waals surface area contributed by atoms with Gasteiger partial charge in [-0.15, -0.1) is 0 Å². The van der Waals surface area contributed by atoms with E-state index in [1.54, 1.807) is 12.1 Å². The van der Waals surface area contributed by atoms with E-state index in [0.717, 1.165) is 5.56 Å². The molecule has 2 unspecified atom stereocenters. The van der Waals surface area contributed by atoms with Crippen molar-refractivity contribution in [3.8, 4) is 0 Å². The molecule has 0 saturated carbocycles. The summed E-state index contributed by atoms with van der Waals surface area (Å²) in [6, 6.07) is 5.34. The smallest absolute Gasteiger partial charge is 0.0832 e. The number of hydrogen-bond acceptors (Lipinski definition) is 2. The fourth-order valence-electron chi connectivity index (χ4n) is 1.51. The summed E-state index contributed by atoms with van der Waals surface area (Å²) in [7, 11) is -0.871. The van der Waals surface area contributed by atoms with Gasteiger partial charge in [0.05, 0.1) is 28.5 Å². The van der Waals surface area contributed by atoms with E-state index in [1.165, 1.54) is 0 Å². The Morgan fingerprint density at radius 3 is 2.80 bits per heavy atom. The van der Waals surface area contributed by atoms with Gasteiger partial charge >= 0.3 is 0 Å². The van der Waals surface area contributed by atoms with Crippen molar-refractivity contribution in [3.63, 3.8) is 0 Å². The molecule has 0 amide bonds. The van der Waals surface area contributed by atoms with E-state index < -0.39 is 10.8 Å². The lowest BCUT2D eigenvalue weighted by Crippen LogP contribution is -2.24. The average Bonchev–Trinajstić information content (AvgIpc) is 2.23. The van der Waals surface area contributed by atoms with Gasteiger partial charge in [0.1, 0.15) is 0 Å². The molecule has 1 aromatic carbocycles. The van der Waals surface area contributed by atoms with Crippen molar-refractivity contribution in [2.75, 3.05) is 19.0 Å². The summed E-state index contributed by atoms with van der Waals surface area (Å²) >= 11 is 11.7. The fraction of sp³-hybridized carbons (Fsp3) is 0.400. The van der Waals surface area contributed by atoms with E-state index in [1.807, 2.05) is 6.07 Å². The summed E-state index contributed by atoms with van der Waals surface area (Å²) in [4.78, 5) is 0. The van der Waals surface area contributed by atoms with E-state index >= 15 is 0 Å². The van der Waals surface area contributed by atoms with Crippen LogP contribution in [0.2, 0.25) is 10.0 Å². The van der Waals surface area contributed by atoms with E-state index in [0.29, 0.717) is 29.0 Å². The van der Waals surface area contributed by atoms with Gasteiger partial charge in [0.2, 0.25) is 0 Å². The molecule has 1 heterocycles. The lowest BCUT2D eigenvalue weighted by Gasteiger charge is -2.22. The zero-order valence-corrected chi connectivity index (χ0v) is 10.2. The summed E-state index contributed by atoms with van der Waals surface area (Å²) in [5.41, 5.74) is 0.933. The van der Waals surface area contributed by atoms with Crippen LogP contribution in [0.15, 0.2) is 18.2 Å². The molecule has 15 heavy (non-hydrogen) atoms. The van der Waals surface area contributed by atoms with Gasteiger partial charge in [-0.25, -0.2) is 0 Å². The molecule has 1 fully saturated rings. The third-order valence-corrected chi connectivity index (χ3v) is 4.68. The largest absolute Gasteiger partial charge is 0.379 e. The lowest BCUT2D eigenvalue weighted by atomic mass is 10.1. The van der Waals surface area contributed by atoms with Crippen molar-refractivity contribution in [1.29, 1.82) is 0 Å². The first-order chi connectivity index (χ1) is 7.18. The Labute approximate surface area is 101 Å². The first-order valence-corrected chi connectivity index (χ1v) is 6.72. The van der Waals surface area contributed by atoms with E-state index in [-0.39, 0.29) is 5.25 Å². The molecule has 1 aromatic rings. The van der Waals surface area contributed by atoms with Gasteiger partial charge in [-0.05, 0) is 17.7 Å². The first kappa shape index (κ1) is 11.4. The maximum atomic E-state index is 11.7. The standard InChI is InChI=1S/C10H10Cl2O2S/c11-8-2-1-7(5-9(8)12)10-6-14-3-4-15(10)13/h1-2,5,10H,3-4,6H2. The molecule has 0 spiro atoms. The maximum absolute atomic E-state index is 11.7. The van der Waals surface area contributed by atoms with Gasteiger partial charge in [-0.2, -0.15) is 0 Å². The molecule has 82 valence electrons. The molecule has 5 heteroatoms. The van der Waals surface area contributed by atoms with Gasteiger partial charge in [0.25, 0.3) is 0 Å². The predicted octanol–water partition coefficient (Wildman–Crippen LogP) is 2.81. The Morgan fingerprint density at radius 1 is 1.33 bits per heavy atom. The van der Waals surface area contributed by atoms with Crippen molar-refractivity contribution in [1.82, 2.24) is 0 Å². The lowest BCUT2D eigenvalue weighted by molar-refractivity contribution is 0.141. The van der Waals surface area contributed by atoms with Crippen molar-refractivity contribution in [2.24, 2.45) is 0 Å². The minimum absolute atomic E-state index is 0.0754. The average molecular weight is 265 g/mol. The molecule has 1 aliphatic heterocycles. The van der Waals surface area contributed by atoms with Crippen LogP contribution in [0.5, 0.6) is 0 Å². The topological polar surface area (TPSA) is 26.3 Å². The van der Waals surface area contributed by atoms with E-state index in [4.69, 9.17) is 27.9 Å². The second-order valence-electron chi connectivity index (χ2n) is 3.32. The number of hydrogen-bond donors (Lipinski definition) is 0. The maximum Gasteiger partial charge on any atom is 0.0832 e. The normalized spacial score (nSPS) is 26.5. The van der Waals surface area contributed by atoms with Crippen molar-refractivity contribution < 1.29 is 8.95 Å². The van der Waals surface area contributed by atoms with Crippen LogP contribution in [0.4, 0.5) is 0 Å². The highest BCUT2D eigenvalue weighted by atomic mass is 35.5. The first-order valence-electron chi connectivity index (χ1n) is 4.58. The number of benzene rings is 1. The van der Waals surface area contributed by atoms with Crippen molar-refractivity contribution in [2.45, 2.75) is 5.25 Å². The van der Waals surface area contributed by atoms with Crippen LogP contribution in [0.3, 0.4) is 0 Å². The SMILES string of the molecule is O=S1CCOCC1c1ccc(Cl)c(Cl)c1. The van der Waals surface area contributed by atoms with E-state index in [2.05, 4.69) is 0 Å². The molecule has 2 nitrogen and oxygen atoms in total. The highest BCUT2D eigenvalue weighted by molar-refractivity contribution is 7.85. The van der Waals surface area contributed by atoms with Crippen LogP contribution in [-0.4, -0.2) is 23.2 Å². The van der Waals surface area contributed by atoms with Gasteiger partial charge in [0, 0.05) is 16.6 Å². The second kappa shape index (κ2) is 4.83. The zero-order chi connectivity index (χ0) is 10.8. The van der Waals surface area contributed by atoms with Crippen LogP contribution < -0.4 is 0 Å². The van der Waals surface area contributed by atoms with Crippen LogP contribution in [0.25, 0.3) is 0 Å². The van der Waals surface area contributed by atoms with Crippen LogP contribution >= 0.6 is 23.2 Å². The summed E-state index contributed by atoms with van der Waals surface area (Å²) in [5, 5.41) is 0.938. The van der Waals surface area contributed by atoms with Crippen molar-refractivity contribution in [3.05, 3.63) is 33.8 Å². The summed E-state index contributed by atoms with van der Waals surface area (Å²) < 4.78 is 17.1. The Morgan fingerprint density at radius 2 is 2.13 bits per heavy atom. The number of halogens is 2. The van der Waals surface area contributed by atoms with Crippen molar-refractivity contribution >= 4 is 34.0 Å². The molecular formula is C10H10Cl2O2S. The second-order valence-corrected chi connectivity index (χ2v) is 5.88. The third kappa shape index (κ3) is 2.53. The van der Waals surface area contributed by atoms with Gasteiger partial charge < -0.3 is 4.74 Å². The summed E-state index contributed by atoms with van der Waals surface area (Å²) in [6.45, 7) is 1.06. The molecule has 0 radical (unpaired) electrons. The molecule has 0 N–H and O–H groups in total. The quantitative estimate of drug-likeness (QED) is 0.780. The summed E-state index contributed by atoms with van der Waals surface area (Å²) in [6.07, 6.45) is 0. The van der Waals surface area contributed by atoms with E-state index in [9.17, 15) is 4.21 Å². The fourth-order valence-corrected chi connectivity index (χ4v) is 3.08. The molecule has 2 rings (SSSR count). The highest BCUT2D eigenvalue weighted by Crippen LogP contribution is 2.29. The number of rotatable bonds is 1. The molecule has 0 aromatic heterocycles. The third-order valence-electron chi connectivity index (χ3n) is 2.33.